The minimum absolute atomic E-state index is 0.0542. The molecule has 1 atom stereocenters. The van der Waals surface area contributed by atoms with E-state index in [1.54, 1.807) is 44.5 Å². The van der Waals surface area contributed by atoms with Crippen molar-refractivity contribution in [3.05, 3.63) is 84.4 Å². The van der Waals surface area contributed by atoms with Crippen molar-refractivity contribution in [2.75, 3.05) is 31.3 Å². The fourth-order valence-corrected chi connectivity index (χ4v) is 4.42. The Morgan fingerprint density at radius 2 is 1.69 bits per heavy atom. The molecule has 0 aliphatic carbocycles. The SMILES string of the molecule is COc1ccc(N(C)C(=O)C(Cc2ccccc2)NC(=O)CNS(=O)(=O)c2cccc(N)c2)cc1. The van der Waals surface area contributed by atoms with Crippen molar-refractivity contribution in [2.45, 2.75) is 17.4 Å². The molecule has 184 valence electrons. The summed E-state index contributed by atoms with van der Waals surface area (Å²) in [5.41, 5.74) is 7.40. The van der Waals surface area contributed by atoms with Crippen LogP contribution >= 0.6 is 0 Å². The van der Waals surface area contributed by atoms with Gasteiger partial charge in [-0.2, -0.15) is 0 Å². The van der Waals surface area contributed by atoms with Crippen LogP contribution < -0.4 is 25.4 Å². The van der Waals surface area contributed by atoms with E-state index in [1.165, 1.54) is 23.1 Å². The highest BCUT2D eigenvalue weighted by Gasteiger charge is 2.26. The van der Waals surface area contributed by atoms with Crippen LogP contribution in [-0.2, 0) is 26.0 Å². The number of carbonyl (C=O) groups is 2. The first-order chi connectivity index (χ1) is 16.7. The zero-order valence-corrected chi connectivity index (χ0v) is 20.3. The van der Waals surface area contributed by atoms with Gasteiger partial charge in [-0.15, -0.1) is 0 Å². The summed E-state index contributed by atoms with van der Waals surface area (Å²) in [4.78, 5) is 27.4. The number of benzene rings is 3. The van der Waals surface area contributed by atoms with Gasteiger partial charge in [0.2, 0.25) is 21.8 Å². The molecule has 0 heterocycles. The van der Waals surface area contributed by atoms with Gasteiger partial charge >= 0.3 is 0 Å². The topological polar surface area (TPSA) is 131 Å². The van der Waals surface area contributed by atoms with E-state index in [9.17, 15) is 18.0 Å². The van der Waals surface area contributed by atoms with Crippen molar-refractivity contribution in [3.63, 3.8) is 0 Å². The second kappa shape index (κ2) is 11.5. The van der Waals surface area contributed by atoms with Gasteiger partial charge in [-0.05, 0) is 48.0 Å². The summed E-state index contributed by atoms with van der Waals surface area (Å²) < 4.78 is 32.4. The first-order valence-corrected chi connectivity index (χ1v) is 12.3. The van der Waals surface area contributed by atoms with Crippen LogP contribution in [0.1, 0.15) is 5.56 Å². The van der Waals surface area contributed by atoms with Crippen LogP contribution in [0.2, 0.25) is 0 Å². The van der Waals surface area contributed by atoms with E-state index < -0.39 is 28.5 Å². The van der Waals surface area contributed by atoms with Crippen molar-refractivity contribution in [3.8, 4) is 5.75 Å². The Hall–Kier alpha value is -3.89. The van der Waals surface area contributed by atoms with Gasteiger partial charge in [-0.1, -0.05) is 36.4 Å². The number of nitrogen functional groups attached to an aromatic ring is 1. The predicted octanol–water partition coefficient (Wildman–Crippen LogP) is 1.95. The van der Waals surface area contributed by atoms with Crippen LogP contribution in [0.25, 0.3) is 0 Å². The summed E-state index contributed by atoms with van der Waals surface area (Å²) >= 11 is 0. The number of hydrogen-bond acceptors (Lipinski definition) is 6. The number of carbonyl (C=O) groups excluding carboxylic acids is 2. The van der Waals surface area contributed by atoms with Gasteiger partial charge in [-0.25, -0.2) is 13.1 Å². The van der Waals surface area contributed by atoms with Crippen molar-refractivity contribution < 1.29 is 22.7 Å². The quantitative estimate of drug-likeness (QED) is 0.368. The lowest BCUT2D eigenvalue weighted by Gasteiger charge is -2.25. The van der Waals surface area contributed by atoms with E-state index in [1.807, 2.05) is 30.3 Å². The Labute approximate surface area is 204 Å². The van der Waals surface area contributed by atoms with E-state index in [0.717, 1.165) is 5.56 Å². The molecule has 2 amide bonds. The molecule has 0 saturated heterocycles. The maximum atomic E-state index is 13.3. The van der Waals surface area contributed by atoms with E-state index in [-0.39, 0.29) is 22.9 Å². The second-order valence-corrected chi connectivity index (χ2v) is 9.57. The Balaban J connectivity index is 1.73. The number of rotatable bonds is 10. The van der Waals surface area contributed by atoms with Gasteiger partial charge in [0, 0.05) is 24.8 Å². The van der Waals surface area contributed by atoms with Crippen LogP contribution in [-0.4, -0.2) is 47.0 Å². The van der Waals surface area contributed by atoms with Crippen LogP contribution in [0.5, 0.6) is 5.75 Å². The lowest BCUT2D eigenvalue weighted by molar-refractivity contribution is -0.126. The van der Waals surface area contributed by atoms with E-state index in [4.69, 9.17) is 10.5 Å². The third kappa shape index (κ3) is 7.05. The number of anilines is 2. The monoisotopic (exact) mass is 496 g/mol. The highest BCUT2D eigenvalue weighted by atomic mass is 32.2. The zero-order valence-electron chi connectivity index (χ0n) is 19.5. The second-order valence-electron chi connectivity index (χ2n) is 7.80. The fourth-order valence-electron chi connectivity index (χ4n) is 3.39. The van der Waals surface area contributed by atoms with Gasteiger partial charge in [0.05, 0.1) is 18.6 Å². The molecule has 0 aromatic heterocycles. The van der Waals surface area contributed by atoms with Crippen molar-refractivity contribution in [1.82, 2.24) is 10.0 Å². The summed E-state index contributed by atoms with van der Waals surface area (Å²) in [7, 11) is -0.797. The Kier molecular flexibility index (Phi) is 8.45. The largest absolute Gasteiger partial charge is 0.497 e. The number of ether oxygens (including phenoxy) is 1. The number of methoxy groups -OCH3 is 1. The van der Waals surface area contributed by atoms with E-state index in [2.05, 4.69) is 10.0 Å². The first kappa shape index (κ1) is 25.7. The number of nitrogens with one attached hydrogen (secondary N) is 2. The molecular formula is C25H28N4O5S. The van der Waals surface area contributed by atoms with Crippen molar-refractivity contribution in [2.24, 2.45) is 0 Å². The minimum atomic E-state index is -3.96. The van der Waals surface area contributed by atoms with E-state index >= 15 is 0 Å². The molecule has 3 rings (SSSR count). The molecule has 0 radical (unpaired) electrons. The number of nitrogens with two attached hydrogens (primary N) is 1. The highest BCUT2D eigenvalue weighted by molar-refractivity contribution is 7.89. The van der Waals surface area contributed by atoms with Gasteiger partial charge in [0.25, 0.3) is 0 Å². The molecule has 0 bridgehead atoms. The summed E-state index contributed by atoms with van der Waals surface area (Å²) in [6.07, 6.45) is 0.230. The highest BCUT2D eigenvalue weighted by Crippen LogP contribution is 2.19. The fraction of sp³-hybridized carbons (Fsp3) is 0.200. The molecule has 1 unspecified atom stereocenters. The molecular weight excluding hydrogens is 468 g/mol. The van der Waals surface area contributed by atoms with Gasteiger partial charge < -0.3 is 20.7 Å². The maximum absolute atomic E-state index is 13.3. The summed E-state index contributed by atoms with van der Waals surface area (Å²) in [6.45, 7) is -0.540. The lowest BCUT2D eigenvalue weighted by atomic mass is 10.0. The number of sulfonamides is 1. The average molecular weight is 497 g/mol. The molecule has 9 nitrogen and oxygen atoms in total. The Bertz CT molecular complexity index is 1260. The van der Waals surface area contributed by atoms with Crippen LogP contribution in [0, 0.1) is 0 Å². The Morgan fingerprint density at radius 1 is 1.00 bits per heavy atom. The molecule has 0 fully saturated rings. The van der Waals surface area contributed by atoms with Crippen molar-refractivity contribution in [1.29, 1.82) is 0 Å². The average Bonchev–Trinajstić information content (AvgIpc) is 2.87. The standard InChI is InChI=1S/C25H28N4O5S/c1-29(20-11-13-21(34-2)14-12-20)25(31)23(15-18-7-4-3-5-8-18)28-24(30)17-27-35(32,33)22-10-6-9-19(26)16-22/h3-14,16,23,27H,15,17,26H2,1-2H3,(H,28,30). The molecule has 10 heteroatoms. The molecule has 0 saturated carbocycles. The summed E-state index contributed by atoms with van der Waals surface area (Å²) in [6, 6.07) is 21.0. The maximum Gasteiger partial charge on any atom is 0.249 e. The van der Waals surface area contributed by atoms with Crippen LogP contribution in [0.4, 0.5) is 11.4 Å². The van der Waals surface area contributed by atoms with Gasteiger partial charge in [-0.3, -0.25) is 9.59 Å². The third-order valence-electron chi connectivity index (χ3n) is 5.30. The molecule has 35 heavy (non-hydrogen) atoms. The molecule has 0 spiro atoms. The molecule has 0 aliphatic heterocycles. The van der Waals surface area contributed by atoms with Crippen molar-refractivity contribution >= 4 is 33.2 Å². The first-order valence-electron chi connectivity index (χ1n) is 10.8. The predicted molar refractivity (Wildman–Crippen MR) is 135 cm³/mol. The van der Waals surface area contributed by atoms with Crippen LogP contribution in [0.15, 0.2) is 83.8 Å². The molecule has 0 aliphatic rings. The molecule has 4 N–H and O–H groups in total. The van der Waals surface area contributed by atoms with Gasteiger partial charge in [0.15, 0.2) is 0 Å². The third-order valence-corrected chi connectivity index (χ3v) is 6.70. The summed E-state index contributed by atoms with van der Waals surface area (Å²) in [5.74, 6) is -0.350. The normalized spacial score (nSPS) is 11.9. The lowest BCUT2D eigenvalue weighted by Crippen LogP contribution is -2.51. The number of amides is 2. The number of likely N-dealkylation sites (N-methyl/N-ethyl adjacent to an activating group) is 1. The zero-order chi connectivity index (χ0) is 25.4. The van der Waals surface area contributed by atoms with E-state index in [0.29, 0.717) is 11.4 Å². The van der Waals surface area contributed by atoms with Crippen LogP contribution in [0.3, 0.4) is 0 Å². The smallest absolute Gasteiger partial charge is 0.249 e. The molecule has 3 aromatic rings. The Morgan fingerprint density at radius 3 is 2.31 bits per heavy atom. The number of hydrogen-bond donors (Lipinski definition) is 3. The minimum Gasteiger partial charge on any atom is -0.497 e. The molecule has 3 aromatic carbocycles. The summed E-state index contributed by atoms with van der Waals surface area (Å²) in [5, 5.41) is 2.67. The number of nitrogens with zero attached hydrogens (tertiary/aromatic N) is 1. The van der Waals surface area contributed by atoms with Gasteiger partial charge in [0.1, 0.15) is 11.8 Å².